The predicted octanol–water partition coefficient (Wildman–Crippen LogP) is 3.80. The zero-order chi connectivity index (χ0) is 26.7. The van der Waals surface area contributed by atoms with E-state index in [9.17, 15) is 23.6 Å². The van der Waals surface area contributed by atoms with Crippen molar-refractivity contribution >= 4 is 23.3 Å². The van der Waals surface area contributed by atoms with Crippen LogP contribution in [0.4, 0.5) is 20.3 Å². The lowest BCUT2D eigenvalue weighted by Gasteiger charge is -2.41. The third-order valence-corrected chi connectivity index (χ3v) is 6.95. The maximum atomic E-state index is 13.0. The molecule has 0 N–H and O–H groups in total. The molecule has 1 aliphatic heterocycles. The highest BCUT2D eigenvalue weighted by atomic mass is 19.3. The quantitative estimate of drug-likeness (QED) is 0.536. The van der Waals surface area contributed by atoms with Gasteiger partial charge in [0, 0.05) is 57.0 Å². The Hall–Kier alpha value is -3.58. The number of nitriles is 1. The molecule has 0 bridgehead atoms. The Labute approximate surface area is 215 Å². The first-order valence-corrected chi connectivity index (χ1v) is 12.4. The number of piperazine rings is 1. The fourth-order valence-corrected chi connectivity index (χ4v) is 4.75. The number of ether oxygens (including phenoxy) is 1. The zero-order valence-electron chi connectivity index (χ0n) is 21.3. The molecule has 1 saturated heterocycles. The number of hydrogen-bond donors (Lipinski definition) is 0. The molecule has 4 rings (SSSR count). The van der Waals surface area contributed by atoms with Crippen LogP contribution >= 0.6 is 0 Å². The molecule has 1 saturated carbocycles. The summed E-state index contributed by atoms with van der Waals surface area (Å²) in [6.45, 7) is 4.01. The Morgan fingerprint density at radius 1 is 1.27 bits per heavy atom. The fraction of sp³-hybridized carbons (Fsp3) is 0.481. The molecular weight excluding hydrogens is 480 g/mol. The molecule has 8 nitrogen and oxygen atoms in total. The number of halogens is 2. The van der Waals surface area contributed by atoms with Crippen LogP contribution in [0.3, 0.4) is 0 Å². The molecular formula is C27H31F2N5O3. The Kier molecular flexibility index (Phi) is 8.03. The van der Waals surface area contributed by atoms with Crippen LogP contribution < -0.4 is 9.80 Å². The zero-order valence-corrected chi connectivity index (χ0v) is 21.3. The van der Waals surface area contributed by atoms with Gasteiger partial charge in [-0.1, -0.05) is 12.1 Å². The number of carbonyl (C=O) groups excluding carboxylic acids is 2. The van der Waals surface area contributed by atoms with Gasteiger partial charge >= 0.3 is 6.43 Å². The largest absolute Gasteiger partial charge is 0.384 e. The van der Waals surface area contributed by atoms with Gasteiger partial charge in [0.05, 0.1) is 24.3 Å². The molecule has 196 valence electrons. The first kappa shape index (κ1) is 26.5. The van der Waals surface area contributed by atoms with E-state index in [-0.39, 0.29) is 17.9 Å². The van der Waals surface area contributed by atoms with Crippen molar-refractivity contribution < 1.29 is 23.1 Å². The third-order valence-electron chi connectivity index (χ3n) is 6.95. The molecule has 10 heteroatoms. The highest BCUT2D eigenvalue weighted by molar-refractivity contribution is 5.95. The lowest BCUT2D eigenvalue weighted by Crippen LogP contribution is -2.54. The molecule has 2 amide bonds. The number of anilines is 2. The lowest BCUT2D eigenvalue weighted by molar-refractivity contribution is -0.134. The topological polar surface area (TPSA) is 89.8 Å². The van der Waals surface area contributed by atoms with E-state index >= 15 is 0 Å². The van der Waals surface area contributed by atoms with Crippen LogP contribution in [0.1, 0.15) is 43.4 Å². The molecule has 0 radical (unpaired) electrons. The van der Waals surface area contributed by atoms with Gasteiger partial charge in [-0.15, -0.1) is 0 Å². The first-order valence-electron chi connectivity index (χ1n) is 12.4. The monoisotopic (exact) mass is 511 g/mol. The minimum absolute atomic E-state index is 0.0462. The summed E-state index contributed by atoms with van der Waals surface area (Å²) in [6, 6.07) is 10.9. The SMILES string of the molecule is COCCC(=O)N1CCN(c2nc(C3CC3)c(-c3cccc(N(C)C(=O)C(F)F)c3)cc2C#N)CC1C. The Morgan fingerprint density at radius 3 is 2.65 bits per heavy atom. The van der Waals surface area contributed by atoms with Gasteiger partial charge in [-0.05, 0) is 43.5 Å². The maximum absolute atomic E-state index is 13.0. The molecule has 2 aromatic rings. The summed E-state index contributed by atoms with van der Waals surface area (Å²) < 4.78 is 31.0. The normalized spacial score (nSPS) is 17.6. The number of aromatic nitrogens is 1. The number of rotatable bonds is 8. The molecule has 2 heterocycles. The molecule has 37 heavy (non-hydrogen) atoms. The van der Waals surface area contributed by atoms with Crippen LogP contribution in [0.25, 0.3) is 11.1 Å². The first-order chi connectivity index (χ1) is 17.7. The standard InChI is InChI=1S/C27H31F2N5O3/c1-17-16-33(10-11-34(17)23(35)9-12-37-3)26-20(15-30)14-22(24(31-26)18-7-8-18)19-5-4-6-21(13-19)32(2)27(36)25(28)29/h4-6,13-14,17-18,25H,7-12,16H2,1-3H3. The van der Waals surface area contributed by atoms with Gasteiger partial charge in [0.25, 0.3) is 5.91 Å². The average molecular weight is 512 g/mol. The van der Waals surface area contributed by atoms with Gasteiger partial charge in [-0.2, -0.15) is 14.0 Å². The van der Waals surface area contributed by atoms with Gasteiger partial charge < -0.3 is 19.4 Å². The summed E-state index contributed by atoms with van der Waals surface area (Å²) >= 11 is 0. The molecule has 1 atom stereocenters. The van der Waals surface area contributed by atoms with Crippen LogP contribution in [-0.2, 0) is 14.3 Å². The number of amides is 2. The van der Waals surface area contributed by atoms with Crippen LogP contribution in [0.2, 0.25) is 0 Å². The van der Waals surface area contributed by atoms with Crippen LogP contribution in [0.15, 0.2) is 30.3 Å². The Balaban J connectivity index is 1.65. The summed E-state index contributed by atoms with van der Waals surface area (Å²) in [5.41, 5.74) is 3.10. The molecule has 1 unspecified atom stereocenters. The van der Waals surface area contributed by atoms with Gasteiger partial charge in [0.1, 0.15) is 11.9 Å². The number of methoxy groups -OCH3 is 1. The Bertz CT molecular complexity index is 1210. The van der Waals surface area contributed by atoms with Gasteiger partial charge in [-0.3, -0.25) is 9.59 Å². The van der Waals surface area contributed by atoms with Crippen molar-refractivity contribution in [3.8, 4) is 17.2 Å². The molecule has 2 aliphatic rings. The van der Waals surface area contributed by atoms with E-state index in [1.807, 2.05) is 24.0 Å². The number of hydrogen-bond acceptors (Lipinski definition) is 6. The second kappa shape index (κ2) is 11.2. The smallest absolute Gasteiger partial charge is 0.316 e. The van der Waals surface area contributed by atoms with Gasteiger partial charge in [0.2, 0.25) is 5.91 Å². The number of alkyl halides is 2. The summed E-state index contributed by atoms with van der Waals surface area (Å²) in [4.78, 5) is 34.2. The van der Waals surface area contributed by atoms with E-state index in [1.165, 1.54) is 7.05 Å². The molecule has 1 aromatic heterocycles. The van der Waals surface area contributed by atoms with Crippen molar-refractivity contribution in [1.82, 2.24) is 9.88 Å². The second-order valence-electron chi connectivity index (χ2n) is 9.55. The summed E-state index contributed by atoms with van der Waals surface area (Å²) in [5.74, 6) is -0.378. The molecule has 0 spiro atoms. The van der Waals surface area contributed by atoms with Crippen LogP contribution in [0, 0.1) is 11.3 Å². The minimum Gasteiger partial charge on any atom is -0.384 e. The van der Waals surface area contributed by atoms with E-state index in [0.717, 1.165) is 29.0 Å². The highest BCUT2D eigenvalue weighted by Crippen LogP contribution is 2.45. The van der Waals surface area contributed by atoms with Gasteiger partial charge in [-0.25, -0.2) is 4.98 Å². The van der Waals surface area contributed by atoms with Crippen molar-refractivity contribution in [2.24, 2.45) is 0 Å². The van der Waals surface area contributed by atoms with E-state index in [2.05, 4.69) is 11.0 Å². The third kappa shape index (κ3) is 5.72. The second-order valence-corrected chi connectivity index (χ2v) is 9.55. The maximum Gasteiger partial charge on any atom is 0.316 e. The van der Waals surface area contributed by atoms with E-state index < -0.39 is 12.3 Å². The number of pyridine rings is 1. The average Bonchev–Trinajstić information content (AvgIpc) is 3.75. The molecule has 2 fully saturated rings. The van der Waals surface area contributed by atoms with Crippen molar-refractivity contribution in [2.75, 3.05) is 50.2 Å². The number of nitrogens with zero attached hydrogens (tertiary/aromatic N) is 5. The summed E-state index contributed by atoms with van der Waals surface area (Å²) in [6.07, 6.45) is -0.805. The summed E-state index contributed by atoms with van der Waals surface area (Å²) in [5, 5.41) is 10.0. The van der Waals surface area contributed by atoms with E-state index in [0.29, 0.717) is 55.3 Å². The Morgan fingerprint density at radius 2 is 2.03 bits per heavy atom. The van der Waals surface area contributed by atoms with Crippen molar-refractivity contribution in [1.29, 1.82) is 5.26 Å². The summed E-state index contributed by atoms with van der Waals surface area (Å²) in [7, 11) is 2.89. The predicted molar refractivity (Wildman–Crippen MR) is 136 cm³/mol. The fourth-order valence-electron chi connectivity index (χ4n) is 4.75. The highest BCUT2D eigenvalue weighted by Gasteiger charge is 2.33. The van der Waals surface area contributed by atoms with Crippen LogP contribution in [0.5, 0.6) is 0 Å². The van der Waals surface area contributed by atoms with Crippen molar-refractivity contribution in [3.05, 3.63) is 41.6 Å². The minimum atomic E-state index is -3.10. The molecule has 1 aliphatic carbocycles. The number of benzene rings is 1. The van der Waals surface area contributed by atoms with Crippen molar-refractivity contribution in [3.63, 3.8) is 0 Å². The van der Waals surface area contributed by atoms with Crippen molar-refractivity contribution in [2.45, 2.75) is 44.6 Å². The number of carbonyl (C=O) groups is 2. The van der Waals surface area contributed by atoms with E-state index in [4.69, 9.17) is 9.72 Å². The van der Waals surface area contributed by atoms with Gasteiger partial charge in [0.15, 0.2) is 0 Å². The lowest BCUT2D eigenvalue weighted by atomic mass is 9.98. The van der Waals surface area contributed by atoms with E-state index in [1.54, 1.807) is 25.3 Å². The van der Waals surface area contributed by atoms with Crippen LogP contribution in [-0.4, -0.2) is 74.6 Å². The molecule has 1 aromatic carbocycles.